The molecule has 0 aliphatic heterocycles. The fourth-order valence-electron chi connectivity index (χ4n) is 1.69. The minimum Gasteiger partial charge on any atom is -0.370 e. The molecule has 0 saturated heterocycles. The lowest BCUT2D eigenvalue weighted by molar-refractivity contribution is -0.121. The lowest BCUT2D eigenvalue weighted by Gasteiger charge is -2.10. The maximum atomic E-state index is 12.1. The van der Waals surface area contributed by atoms with Gasteiger partial charge in [-0.2, -0.15) is 0 Å². The van der Waals surface area contributed by atoms with Gasteiger partial charge >= 0.3 is 0 Å². The van der Waals surface area contributed by atoms with Crippen molar-refractivity contribution in [1.82, 2.24) is 15.6 Å². The Kier molecular flexibility index (Phi) is 7.21. The Morgan fingerprint density at radius 3 is 2.71 bits per heavy atom. The van der Waals surface area contributed by atoms with Gasteiger partial charge in [0.2, 0.25) is 5.91 Å². The number of rotatable bonds is 8. The Morgan fingerprint density at radius 2 is 2.05 bits per heavy atom. The highest BCUT2D eigenvalue weighted by Crippen LogP contribution is 2.10. The number of pyridine rings is 1. The summed E-state index contributed by atoms with van der Waals surface area (Å²) >= 11 is 0. The second-order valence-corrected chi connectivity index (χ2v) is 5.13. The van der Waals surface area contributed by atoms with E-state index in [4.69, 9.17) is 0 Å². The highest BCUT2D eigenvalue weighted by molar-refractivity contribution is 5.98. The second kappa shape index (κ2) is 8.94. The van der Waals surface area contributed by atoms with E-state index >= 15 is 0 Å². The molecular weight excluding hydrogens is 268 g/mol. The molecule has 0 aliphatic carbocycles. The molecule has 0 bridgehead atoms. The van der Waals surface area contributed by atoms with Crippen molar-refractivity contribution in [1.29, 1.82) is 0 Å². The van der Waals surface area contributed by atoms with Gasteiger partial charge in [0.25, 0.3) is 5.91 Å². The lowest BCUT2D eigenvalue weighted by atomic mass is 10.2. The standard InChI is InChI=1S/C15H24N4O2/c1-4-16-14-12(6-5-8-17-14)15(21)18-9-7-13(20)19-10-11(2)3/h5-6,8,11H,4,7,9-10H2,1-3H3,(H,16,17)(H,18,21)(H,19,20). The first-order valence-electron chi connectivity index (χ1n) is 7.28. The van der Waals surface area contributed by atoms with Crippen molar-refractivity contribution in [3.63, 3.8) is 0 Å². The summed E-state index contributed by atoms with van der Waals surface area (Å²) in [5, 5.41) is 8.59. The van der Waals surface area contributed by atoms with Crippen molar-refractivity contribution in [2.75, 3.05) is 25.0 Å². The van der Waals surface area contributed by atoms with Crippen molar-refractivity contribution >= 4 is 17.6 Å². The third-order valence-corrected chi connectivity index (χ3v) is 2.74. The molecule has 0 radical (unpaired) electrons. The van der Waals surface area contributed by atoms with E-state index in [9.17, 15) is 9.59 Å². The second-order valence-electron chi connectivity index (χ2n) is 5.13. The van der Waals surface area contributed by atoms with Crippen LogP contribution in [0.3, 0.4) is 0 Å². The molecule has 21 heavy (non-hydrogen) atoms. The number of carbonyl (C=O) groups is 2. The Hall–Kier alpha value is -2.11. The summed E-state index contributed by atoms with van der Waals surface area (Å²) in [6, 6.07) is 3.42. The molecule has 0 fully saturated rings. The first-order valence-corrected chi connectivity index (χ1v) is 7.28. The summed E-state index contributed by atoms with van der Waals surface area (Å²) in [6.45, 7) is 7.66. The molecule has 6 heteroatoms. The van der Waals surface area contributed by atoms with Crippen LogP contribution in [-0.2, 0) is 4.79 Å². The highest BCUT2D eigenvalue weighted by Gasteiger charge is 2.11. The molecule has 1 rings (SSSR count). The molecular formula is C15H24N4O2. The van der Waals surface area contributed by atoms with Gasteiger partial charge in [0.15, 0.2) is 0 Å². The average Bonchev–Trinajstić information content (AvgIpc) is 2.46. The van der Waals surface area contributed by atoms with Crippen LogP contribution >= 0.6 is 0 Å². The van der Waals surface area contributed by atoms with Gasteiger partial charge in [0, 0.05) is 32.3 Å². The maximum absolute atomic E-state index is 12.1. The zero-order chi connectivity index (χ0) is 15.7. The number of aromatic nitrogens is 1. The van der Waals surface area contributed by atoms with E-state index in [2.05, 4.69) is 20.9 Å². The van der Waals surface area contributed by atoms with Crippen molar-refractivity contribution in [3.8, 4) is 0 Å². The summed E-state index contributed by atoms with van der Waals surface area (Å²) in [7, 11) is 0. The normalized spacial score (nSPS) is 10.3. The fraction of sp³-hybridized carbons (Fsp3) is 0.533. The monoisotopic (exact) mass is 292 g/mol. The third-order valence-electron chi connectivity index (χ3n) is 2.74. The summed E-state index contributed by atoms with van der Waals surface area (Å²) < 4.78 is 0. The van der Waals surface area contributed by atoms with Gasteiger partial charge < -0.3 is 16.0 Å². The van der Waals surface area contributed by atoms with Gasteiger partial charge in [-0.05, 0) is 25.0 Å². The van der Waals surface area contributed by atoms with Crippen molar-refractivity contribution in [3.05, 3.63) is 23.9 Å². The minimum atomic E-state index is -0.226. The maximum Gasteiger partial charge on any atom is 0.255 e. The van der Waals surface area contributed by atoms with Crippen LogP contribution in [0.4, 0.5) is 5.82 Å². The summed E-state index contributed by atoms with van der Waals surface area (Å²) in [5.41, 5.74) is 0.488. The Balaban J connectivity index is 2.42. The number of carbonyl (C=O) groups excluding carboxylic acids is 2. The molecule has 1 aromatic rings. The minimum absolute atomic E-state index is 0.0536. The van der Waals surface area contributed by atoms with E-state index in [1.54, 1.807) is 18.3 Å². The Morgan fingerprint density at radius 1 is 1.29 bits per heavy atom. The molecule has 1 heterocycles. The van der Waals surface area contributed by atoms with E-state index in [0.29, 0.717) is 36.9 Å². The van der Waals surface area contributed by atoms with E-state index in [0.717, 1.165) is 0 Å². The summed E-state index contributed by atoms with van der Waals surface area (Å²) in [5.74, 6) is 0.696. The first kappa shape index (κ1) is 16.9. The van der Waals surface area contributed by atoms with E-state index in [-0.39, 0.29) is 18.2 Å². The van der Waals surface area contributed by atoms with Gasteiger partial charge in [-0.25, -0.2) is 4.98 Å². The zero-order valence-corrected chi connectivity index (χ0v) is 12.9. The molecule has 116 valence electrons. The molecule has 0 aromatic carbocycles. The molecule has 0 aliphatic rings. The average molecular weight is 292 g/mol. The van der Waals surface area contributed by atoms with Crippen LogP contribution in [0.1, 0.15) is 37.6 Å². The molecule has 0 unspecified atom stereocenters. The number of hydrogen-bond acceptors (Lipinski definition) is 4. The van der Waals surface area contributed by atoms with Gasteiger partial charge in [-0.1, -0.05) is 13.8 Å². The lowest BCUT2D eigenvalue weighted by Crippen LogP contribution is -2.32. The van der Waals surface area contributed by atoms with E-state index in [1.165, 1.54) is 0 Å². The van der Waals surface area contributed by atoms with Crippen LogP contribution < -0.4 is 16.0 Å². The van der Waals surface area contributed by atoms with Crippen LogP contribution in [0.15, 0.2) is 18.3 Å². The molecule has 3 N–H and O–H groups in total. The van der Waals surface area contributed by atoms with Crippen molar-refractivity contribution in [2.24, 2.45) is 5.92 Å². The van der Waals surface area contributed by atoms with Crippen LogP contribution in [0.25, 0.3) is 0 Å². The smallest absolute Gasteiger partial charge is 0.255 e. The summed E-state index contributed by atoms with van der Waals surface area (Å²) in [6.07, 6.45) is 1.91. The quantitative estimate of drug-likeness (QED) is 0.676. The SMILES string of the molecule is CCNc1ncccc1C(=O)NCCC(=O)NCC(C)C. The first-order chi connectivity index (χ1) is 10.0. The van der Waals surface area contributed by atoms with Crippen molar-refractivity contribution < 1.29 is 9.59 Å². The predicted octanol–water partition coefficient (Wildman–Crippen LogP) is 1.41. The van der Waals surface area contributed by atoms with Gasteiger partial charge in [0.1, 0.15) is 5.82 Å². The van der Waals surface area contributed by atoms with Crippen LogP contribution in [0.5, 0.6) is 0 Å². The van der Waals surface area contributed by atoms with Gasteiger partial charge in [0.05, 0.1) is 5.56 Å². The molecule has 2 amide bonds. The molecule has 6 nitrogen and oxygen atoms in total. The zero-order valence-electron chi connectivity index (χ0n) is 12.9. The number of anilines is 1. The predicted molar refractivity (Wildman–Crippen MR) is 83.2 cm³/mol. The molecule has 1 aromatic heterocycles. The van der Waals surface area contributed by atoms with Crippen LogP contribution in [-0.4, -0.2) is 36.4 Å². The third kappa shape index (κ3) is 6.25. The highest BCUT2D eigenvalue weighted by atomic mass is 16.2. The molecule has 0 spiro atoms. The number of nitrogens with one attached hydrogen (secondary N) is 3. The number of hydrogen-bond donors (Lipinski definition) is 3. The number of amides is 2. The Bertz CT molecular complexity index is 474. The van der Waals surface area contributed by atoms with Gasteiger partial charge in [-0.3, -0.25) is 9.59 Å². The van der Waals surface area contributed by atoms with E-state index in [1.807, 2.05) is 20.8 Å². The Labute approximate surface area is 125 Å². The van der Waals surface area contributed by atoms with E-state index < -0.39 is 0 Å². The largest absolute Gasteiger partial charge is 0.370 e. The summed E-state index contributed by atoms with van der Waals surface area (Å²) in [4.78, 5) is 27.7. The van der Waals surface area contributed by atoms with Gasteiger partial charge in [-0.15, -0.1) is 0 Å². The van der Waals surface area contributed by atoms with Crippen LogP contribution in [0.2, 0.25) is 0 Å². The van der Waals surface area contributed by atoms with Crippen LogP contribution in [0, 0.1) is 5.92 Å². The topological polar surface area (TPSA) is 83.1 Å². The fourth-order valence-corrected chi connectivity index (χ4v) is 1.69. The van der Waals surface area contributed by atoms with Crippen molar-refractivity contribution in [2.45, 2.75) is 27.2 Å². The number of nitrogens with zero attached hydrogens (tertiary/aromatic N) is 1. The molecule has 0 saturated carbocycles. The molecule has 0 atom stereocenters.